The highest BCUT2D eigenvalue weighted by molar-refractivity contribution is 5.90. The number of anilines is 1. The predicted octanol–water partition coefficient (Wildman–Crippen LogP) is 2.52. The molecule has 1 amide bonds. The summed E-state index contributed by atoms with van der Waals surface area (Å²) in [7, 11) is 1.67. The average Bonchev–Trinajstić information content (AvgIpc) is 2.92. The van der Waals surface area contributed by atoms with Crippen molar-refractivity contribution in [1.29, 1.82) is 0 Å². The van der Waals surface area contributed by atoms with Crippen LogP contribution in [0.5, 0.6) is 0 Å². The molecule has 0 bridgehead atoms. The van der Waals surface area contributed by atoms with Crippen LogP contribution in [-0.2, 0) is 9.53 Å². The summed E-state index contributed by atoms with van der Waals surface area (Å²) in [6.07, 6.45) is 2.71. The Hall–Kier alpha value is -2.15. The maximum Gasteiger partial charge on any atom is 0.231 e. The first-order valence-electron chi connectivity index (χ1n) is 9.27. The van der Waals surface area contributed by atoms with E-state index in [1.807, 2.05) is 20.8 Å². The first-order chi connectivity index (χ1) is 12.5. The van der Waals surface area contributed by atoms with Crippen molar-refractivity contribution in [3.8, 4) is 0 Å². The van der Waals surface area contributed by atoms with Gasteiger partial charge in [-0.3, -0.25) is 4.79 Å². The van der Waals surface area contributed by atoms with Gasteiger partial charge in [-0.15, -0.1) is 0 Å². The van der Waals surface area contributed by atoms with Crippen molar-refractivity contribution >= 4 is 22.8 Å². The summed E-state index contributed by atoms with van der Waals surface area (Å²) in [6.45, 7) is 8.73. The second kappa shape index (κ2) is 8.03. The summed E-state index contributed by atoms with van der Waals surface area (Å²) < 4.78 is 10.8. The van der Waals surface area contributed by atoms with Crippen LogP contribution in [0.15, 0.2) is 4.42 Å². The summed E-state index contributed by atoms with van der Waals surface area (Å²) >= 11 is 0. The summed E-state index contributed by atoms with van der Waals surface area (Å²) in [5.74, 6) is 2.54. The molecule has 1 atom stereocenters. The van der Waals surface area contributed by atoms with E-state index in [0.717, 1.165) is 48.3 Å². The van der Waals surface area contributed by atoms with Gasteiger partial charge >= 0.3 is 0 Å². The molecule has 1 aliphatic rings. The van der Waals surface area contributed by atoms with E-state index in [-0.39, 0.29) is 11.8 Å². The first kappa shape index (κ1) is 18.6. The first-order valence-corrected chi connectivity index (χ1v) is 9.27. The average molecular weight is 360 g/mol. The van der Waals surface area contributed by atoms with Gasteiger partial charge in [0.05, 0.1) is 11.3 Å². The van der Waals surface area contributed by atoms with Crippen LogP contribution < -0.4 is 10.2 Å². The molecule has 1 aliphatic heterocycles. The Kier molecular flexibility index (Phi) is 5.76. The van der Waals surface area contributed by atoms with Gasteiger partial charge in [-0.2, -0.15) is 4.98 Å². The van der Waals surface area contributed by atoms with E-state index in [1.165, 1.54) is 0 Å². The minimum Gasteiger partial charge on any atom is -0.443 e. The second-order valence-electron chi connectivity index (χ2n) is 6.98. The molecule has 0 radical (unpaired) electrons. The maximum absolute atomic E-state index is 12.5. The Bertz CT molecular complexity index is 787. The van der Waals surface area contributed by atoms with Crippen molar-refractivity contribution in [2.75, 3.05) is 38.3 Å². The summed E-state index contributed by atoms with van der Waals surface area (Å²) in [4.78, 5) is 23.8. The molecule has 0 aliphatic carbocycles. The van der Waals surface area contributed by atoms with Crippen molar-refractivity contribution in [1.82, 2.24) is 15.3 Å². The number of aromatic nitrogens is 2. The van der Waals surface area contributed by atoms with Gasteiger partial charge in [-0.05, 0) is 40.0 Å². The SMILES string of the molecule is COCCCNC(=O)[C@@H]1CCCN(c2nc(C)nc3oc(C)c(C)c23)C1. The lowest BCUT2D eigenvalue weighted by Gasteiger charge is -2.33. The third-order valence-corrected chi connectivity index (χ3v) is 5.04. The number of nitrogens with zero attached hydrogens (tertiary/aromatic N) is 3. The number of rotatable bonds is 6. The quantitative estimate of drug-likeness (QED) is 0.797. The van der Waals surface area contributed by atoms with Crippen LogP contribution in [0.4, 0.5) is 5.82 Å². The summed E-state index contributed by atoms with van der Waals surface area (Å²) in [6, 6.07) is 0. The molecule has 0 saturated carbocycles. The van der Waals surface area contributed by atoms with Crippen molar-refractivity contribution < 1.29 is 13.9 Å². The number of furan rings is 1. The fourth-order valence-corrected chi connectivity index (χ4v) is 3.52. The number of piperidine rings is 1. The highest BCUT2D eigenvalue weighted by Crippen LogP contribution is 2.33. The fraction of sp³-hybridized carbons (Fsp3) is 0.632. The number of amides is 1. The smallest absolute Gasteiger partial charge is 0.231 e. The van der Waals surface area contributed by atoms with Crippen LogP contribution in [-0.4, -0.2) is 49.2 Å². The number of carbonyl (C=O) groups is 1. The second-order valence-corrected chi connectivity index (χ2v) is 6.98. The zero-order chi connectivity index (χ0) is 18.7. The molecule has 2 aromatic heterocycles. The highest BCUT2D eigenvalue weighted by Gasteiger charge is 2.28. The molecule has 3 heterocycles. The van der Waals surface area contributed by atoms with Gasteiger partial charge in [0.1, 0.15) is 17.4 Å². The van der Waals surface area contributed by atoms with E-state index >= 15 is 0 Å². The third-order valence-electron chi connectivity index (χ3n) is 5.04. The third kappa shape index (κ3) is 3.82. The summed E-state index contributed by atoms with van der Waals surface area (Å²) in [5, 5.41) is 3.99. The van der Waals surface area contributed by atoms with Crippen molar-refractivity contribution in [3.05, 3.63) is 17.1 Å². The van der Waals surface area contributed by atoms with Crippen molar-refractivity contribution in [2.45, 2.75) is 40.0 Å². The van der Waals surface area contributed by atoms with Gasteiger partial charge in [0.15, 0.2) is 0 Å². The summed E-state index contributed by atoms with van der Waals surface area (Å²) in [5.41, 5.74) is 1.70. The number of nitrogens with one attached hydrogen (secondary N) is 1. The minimum absolute atomic E-state index is 0.0232. The largest absolute Gasteiger partial charge is 0.443 e. The van der Waals surface area contributed by atoms with E-state index in [2.05, 4.69) is 20.2 Å². The van der Waals surface area contributed by atoms with Gasteiger partial charge in [-0.25, -0.2) is 4.98 Å². The zero-order valence-corrected chi connectivity index (χ0v) is 16.1. The Morgan fingerprint density at radius 3 is 2.92 bits per heavy atom. The Balaban J connectivity index is 1.77. The maximum atomic E-state index is 12.5. The zero-order valence-electron chi connectivity index (χ0n) is 16.1. The molecule has 2 aromatic rings. The van der Waals surface area contributed by atoms with E-state index in [0.29, 0.717) is 31.2 Å². The van der Waals surface area contributed by atoms with E-state index in [1.54, 1.807) is 7.11 Å². The normalized spacial score (nSPS) is 17.7. The van der Waals surface area contributed by atoms with Crippen LogP contribution in [0.2, 0.25) is 0 Å². The van der Waals surface area contributed by atoms with E-state index in [9.17, 15) is 4.79 Å². The predicted molar refractivity (Wildman–Crippen MR) is 100 cm³/mol. The molecule has 142 valence electrons. The molecule has 0 aromatic carbocycles. The lowest BCUT2D eigenvalue weighted by molar-refractivity contribution is -0.125. The monoisotopic (exact) mass is 360 g/mol. The topological polar surface area (TPSA) is 80.5 Å². The number of hydrogen-bond donors (Lipinski definition) is 1. The van der Waals surface area contributed by atoms with Gasteiger partial charge in [-0.1, -0.05) is 0 Å². The molecule has 26 heavy (non-hydrogen) atoms. The molecule has 7 heteroatoms. The number of methoxy groups -OCH3 is 1. The van der Waals surface area contributed by atoms with Gasteiger partial charge < -0.3 is 19.4 Å². The number of fused-ring (bicyclic) bond motifs is 1. The molecular formula is C19H28N4O3. The van der Waals surface area contributed by atoms with Gasteiger partial charge in [0, 0.05) is 38.9 Å². The van der Waals surface area contributed by atoms with E-state index in [4.69, 9.17) is 9.15 Å². The lowest BCUT2D eigenvalue weighted by atomic mass is 9.96. The molecular weight excluding hydrogens is 332 g/mol. The van der Waals surface area contributed by atoms with E-state index < -0.39 is 0 Å². The molecule has 0 spiro atoms. The van der Waals surface area contributed by atoms with Crippen LogP contribution >= 0.6 is 0 Å². The molecule has 1 N–H and O–H groups in total. The molecule has 7 nitrogen and oxygen atoms in total. The van der Waals surface area contributed by atoms with Crippen molar-refractivity contribution in [2.24, 2.45) is 5.92 Å². The Morgan fingerprint density at radius 2 is 2.15 bits per heavy atom. The highest BCUT2D eigenvalue weighted by atomic mass is 16.5. The molecule has 1 saturated heterocycles. The molecule has 3 rings (SSSR count). The standard InChI is InChI=1S/C19H28N4O3/c1-12-13(2)26-19-16(12)17(21-14(3)22-19)23-9-5-7-15(11-23)18(24)20-8-6-10-25-4/h15H,5-11H2,1-4H3,(H,20,24)/t15-/m1/s1. The number of hydrogen-bond acceptors (Lipinski definition) is 6. The number of ether oxygens (including phenoxy) is 1. The minimum atomic E-state index is -0.0232. The fourth-order valence-electron chi connectivity index (χ4n) is 3.52. The van der Waals surface area contributed by atoms with Gasteiger partial charge in [0.25, 0.3) is 0 Å². The number of carbonyl (C=O) groups excluding carboxylic acids is 1. The number of aryl methyl sites for hydroxylation is 3. The van der Waals surface area contributed by atoms with Gasteiger partial charge in [0.2, 0.25) is 11.6 Å². The van der Waals surface area contributed by atoms with Crippen LogP contribution in [0.25, 0.3) is 11.1 Å². The van der Waals surface area contributed by atoms with Crippen molar-refractivity contribution in [3.63, 3.8) is 0 Å². The Morgan fingerprint density at radius 1 is 1.35 bits per heavy atom. The van der Waals surface area contributed by atoms with Crippen LogP contribution in [0.3, 0.4) is 0 Å². The Labute approximate surface area is 154 Å². The lowest BCUT2D eigenvalue weighted by Crippen LogP contribution is -2.43. The molecule has 1 fully saturated rings. The van der Waals surface area contributed by atoms with Crippen LogP contribution in [0, 0.1) is 26.7 Å². The van der Waals surface area contributed by atoms with Crippen LogP contribution in [0.1, 0.15) is 36.4 Å². The molecule has 0 unspecified atom stereocenters.